The summed E-state index contributed by atoms with van der Waals surface area (Å²) in [5.74, 6) is -1.26. The van der Waals surface area contributed by atoms with Crippen LogP contribution in [0.2, 0.25) is 0 Å². The summed E-state index contributed by atoms with van der Waals surface area (Å²) in [6.07, 6.45) is 1.71. The monoisotopic (exact) mass is 317 g/mol. The normalized spacial score (nSPS) is 18.3. The van der Waals surface area contributed by atoms with Crippen LogP contribution in [0.1, 0.15) is 16.7 Å². The predicted octanol–water partition coefficient (Wildman–Crippen LogP) is 1.90. The van der Waals surface area contributed by atoms with E-state index < -0.39 is 12.0 Å². The number of morpholine rings is 1. The molecule has 0 saturated carbocycles. The van der Waals surface area contributed by atoms with Gasteiger partial charge in [-0.2, -0.15) is 0 Å². The number of hydrogen-bond acceptors (Lipinski definition) is 4. The highest BCUT2D eigenvalue weighted by molar-refractivity contribution is 5.90. The number of furan rings is 1. The van der Waals surface area contributed by atoms with Crippen LogP contribution >= 0.6 is 0 Å². The Balaban J connectivity index is 1.85. The molecule has 6 nitrogen and oxygen atoms in total. The Kier molecular flexibility index (Phi) is 4.09. The fourth-order valence-corrected chi connectivity index (χ4v) is 2.84. The summed E-state index contributed by atoms with van der Waals surface area (Å²) in [6.45, 7) is 4.71. The second-order valence-corrected chi connectivity index (χ2v) is 5.89. The summed E-state index contributed by atoms with van der Waals surface area (Å²) in [7, 11) is 0. The number of benzene rings is 1. The molecule has 0 unspecified atom stereocenters. The van der Waals surface area contributed by atoms with E-state index in [9.17, 15) is 14.7 Å². The zero-order valence-corrected chi connectivity index (χ0v) is 13.2. The van der Waals surface area contributed by atoms with Gasteiger partial charge in [0.1, 0.15) is 5.58 Å². The predicted molar refractivity (Wildman–Crippen MR) is 83.3 cm³/mol. The number of carbonyl (C=O) groups excluding carboxylic acids is 1. The van der Waals surface area contributed by atoms with Crippen LogP contribution in [0.3, 0.4) is 0 Å². The summed E-state index contributed by atoms with van der Waals surface area (Å²) >= 11 is 0. The average molecular weight is 317 g/mol. The van der Waals surface area contributed by atoms with E-state index >= 15 is 0 Å². The SMILES string of the molecule is Cc1cc2occ(CC(=O)N3CCOC[C@H]3C(=O)O)c2cc1C. The first-order valence-corrected chi connectivity index (χ1v) is 7.54. The summed E-state index contributed by atoms with van der Waals surface area (Å²) in [5, 5.41) is 10.1. The number of carboxylic acid groups (broad SMARTS) is 1. The molecule has 1 aliphatic heterocycles. The van der Waals surface area contributed by atoms with Gasteiger partial charge in [0.05, 0.1) is 25.9 Å². The fraction of sp³-hybridized carbons (Fsp3) is 0.412. The summed E-state index contributed by atoms with van der Waals surface area (Å²) in [4.78, 5) is 25.2. The molecule has 1 aromatic heterocycles. The second kappa shape index (κ2) is 6.04. The number of ether oxygens (including phenoxy) is 1. The van der Waals surface area contributed by atoms with E-state index in [1.165, 1.54) is 4.90 Å². The van der Waals surface area contributed by atoms with Crippen LogP contribution in [-0.4, -0.2) is 47.7 Å². The third-order valence-corrected chi connectivity index (χ3v) is 4.35. The number of amides is 1. The lowest BCUT2D eigenvalue weighted by atomic mass is 10.0. The molecule has 0 bridgehead atoms. The van der Waals surface area contributed by atoms with Crippen LogP contribution in [-0.2, 0) is 20.7 Å². The van der Waals surface area contributed by atoms with Crippen molar-refractivity contribution in [2.75, 3.05) is 19.8 Å². The van der Waals surface area contributed by atoms with Crippen molar-refractivity contribution in [3.63, 3.8) is 0 Å². The highest BCUT2D eigenvalue weighted by Gasteiger charge is 2.32. The molecule has 1 saturated heterocycles. The molecule has 6 heteroatoms. The molecule has 3 rings (SSSR count). The number of aryl methyl sites for hydroxylation is 2. The van der Waals surface area contributed by atoms with Gasteiger partial charge in [0.25, 0.3) is 0 Å². The number of carbonyl (C=O) groups is 2. The minimum atomic E-state index is -1.04. The molecule has 0 aliphatic carbocycles. The maximum Gasteiger partial charge on any atom is 0.328 e. The van der Waals surface area contributed by atoms with Crippen LogP contribution in [0.25, 0.3) is 11.0 Å². The zero-order valence-electron chi connectivity index (χ0n) is 13.2. The Bertz CT molecular complexity index is 764. The molecule has 2 aromatic rings. The quantitative estimate of drug-likeness (QED) is 0.935. The second-order valence-electron chi connectivity index (χ2n) is 5.89. The Morgan fingerprint density at radius 1 is 1.30 bits per heavy atom. The van der Waals surface area contributed by atoms with Gasteiger partial charge >= 0.3 is 5.97 Å². The largest absolute Gasteiger partial charge is 0.480 e. The first kappa shape index (κ1) is 15.6. The van der Waals surface area contributed by atoms with Crippen molar-refractivity contribution in [2.24, 2.45) is 0 Å². The molecular formula is C17H19NO5. The van der Waals surface area contributed by atoms with E-state index in [4.69, 9.17) is 9.15 Å². The highest BCUT2D eigenvalue weighted by atomic mass is 16.5. The van der Waals surface area contributed by atoms with Crippen LogP contribution in [0.4, 0.5) is 0 Å². The third-order valence-electron chi connectivity index (χ3n) is 4.35. The van der Waals surface area contributed by atoms with Crippen LogP contribution < -0.4 is 0 Å². The van der Waals surface area contributed by atoms with Crippen molar-refractivity contribution in [3.8, 4) is 0 Å². The highest BCUT2D eigenvalue weighted by Crippen LogP contribution is 2.25. The summed E-state index contributed by atoms with van der Waals surface area (Å²) < 4.78 is 10.7. The van der Waals surface area contributed by atoms with E-state index in [0.717, 1.165) is 27.7 Å². The number of rotatable bonds is 3. The fourth-order valence-electron chi connectivity index (χ4n) is 2.84. The van der Waals surface area contributed by atoms with E-state index in [1.54, 1.807) is 6.26 Å². The van der Waals surface area contributed by atoms with Gasteiger partial charge in [-0.05, 0) is 37.1 Å². The number of fused-ring (bicyclic) bond motifs is 1. The van der Waals surface area contributed by atoms with Gasteiger partial charge < -0.3 is 19.2 Å². The van der Waals surface area contributed by atoms with E-state index in [1.807, 2.05) is 26.0 Å². The van der Waals surface area contributed by atoms with Gasteiger partial charge in [-0.3, -0.25) is 4.79 Å². The molecule has 2 heterocycles. The average Bonchev–Trinajstić information content (AvgIpc) is 2.89. The topological polar surface area (TPSA) is 80.0 Å². The molecule has 122 valence electrons. The van der Waals surface area contributed by atoms with Gasteiger partial charge in [-0.1, -0.05) is 0 Å². The number of aliphatic carboxylic acids is 1. The van der Waals surface area contributed by atoms with Crippen LogP contribution in [0.5, 0.6) is 0 Å². The minimum Gasteiger partial charge on any atom is -0.480 e. The first-order valence-electron chi connectivity index (χ1n) is 7.54. The Morgan fingerprint density at radius 2 is 2.04 bits per heavy atom. The molecule has 1 aromatic carbocycles. The molecule has 1 atom stereocenters. The lowest BCUT2D eigenvalue weighted by Crippen LogP contribution is -2.53. The van der Waals surface area contributed by atoms with Crippen molar-refractivity contribution in [1.29, 1.82) is 0 Å². The van der Waals surface area contributed by atoms with E-state index in [0.29, 0.717) is 13.2 Å². The lowest BCUT2D eigenvalue weighted by molar-refractivity contribution is -0.157. The Morgan fingerprint density at radius 3 is 2.78 bits per heavy atom. The molecule has 23 heavy (non-hydrogen) atoms. The maximum atomic E-state index is 12.5. The smallest absolute Gasteiger partial charge is 0.328 e. The molecule has 1 aliphatic rings. The zero-order chi connectivity index (χ0) is 16.6. The van der Waals surface area contributed by atoms with Crippen LogP contribution in [0, 0.1) is 13.8 Å². The molecule has 0 spiro atoms. The van der Waals surface area contributed by atoms with Crippen molar-refractivity contribution < 1.29 is 23.8 Å². The van der Waals surface area contributed by atoms with Crippen molar-refractivity contribution in [2.45, 2.75) is 26.3 Å². The molecule has 0 radical (unpaired) electrons. The van der Waals surface area contributed by atoms with Gasteiger partial charge in [-0.15, -0.1) is 0 Å². The number of nitrogens with zero attached hydrogens (tertiary/aromatic N) is 1. The van der Waals surface area contributed by atoms with E-state index in [2.05, 4.69) is 0 Å². The lowest BCUT2D eigenvalue weighted by Gasteiger charge is -2.32. The first-order chi connectivity index (χ1) is 11.0. The van der Waals surface area contributed by atoms with E-state index in [-0.39, 0.29) is 18.9 Å². The molecule has 1 amide bonds. The minimum absolute atomic E-state index is 0.0332. The Hall–Kier alpha value is -2.34. The van der Waals surface area contributed by atoms with Gasteiger partial charge in [0.15, 0.2) is 6.04 Å². The maximum absolute atomic E-state index is 12.5. The molecule has 1 fully saturated rings. The van der Waals surface area contributed by atoms with Gasteiger partial charge in [-0.25, -0.2) is 4.79 Å². The van der Waals surface area contributed by atoms with Gasteiger partial charge in [0, 0.05) is 17.5 Å². The van der Waals surface area contributed by atoms with Gasteiger partial charge in [0.2, 0.25) is 5.91 Å². The Labute approximate surface area is 133 Å². The standard InChI is InChI=1S/C17H19NO5/c1-10-5-13-12(8-23-15(13)6-11(10)2)7-16(19)18-3-4-22-9-14(18)17(20)21/h5-6,8,14H,3-4,7,9H2,1-2H3,(H,20,21)/t14-/m0/s1. The van der Waals surface area contributed by atoms with Crippen molar-refractivity contribution in [1.82, 2.24) is 4.90 Å². The number of carboxylic acids is 1. The summed E-state index contributed by atoms with van der Waals surface area (Å²) in [5.41, 5.74) is 3.78. The van der Waals surface area contributed by atoms with Crippen LogP contribution in [0.15, 0.2) is 22.8 Å². The van der Waals surface area contributed by atoms with Crippen molar-refractivity contribution in [3.05, 3.63) is 35.1 Å². The number of hydrogen-bond donors (Lipinski definition) is 1. The third kappa shape index (κ3) is 2.94. The van der Waals surface area contributed by atoms with Crippen molar-refractivity contribution >= 4 is 22.8 Å². The molecular weight excluding hydrogens is 298 g/mol. The molecule has 1 N–H and O–H groups in total. The summed E-state index contributed by atoms with van der Waals surface area (Å²) in [6, 6.07) is 3.04.